The second-order valence-electron chi connectivity index (χ2n) is 12.8. The minimum atomic E-state index is -4.48. The van der Waals surface area contributed by atoms with E-state index in [1.807, 2.05) is 0 Å². The highest BCUT2D eigenvalue weighted by Crippen LogP contribution is 2.34. The summed E-state index contributed by atoms with van der Waals surface area (Å²) in [5.41, 5.74) is -2.45. The quantitative estimate of drug-likeness (QED) is 0.0942. The topological polar surface area (TPSA) is 54.8 Å². The molecular formula is C41H40F5N3O3S. The number of para-hydroxylation sites is 1. The largest absolute Gasteiger partial charge is 0.416 e. The SMILES string of the molecule is [2H]C([2H])(Sc1cc(=O)c2ccccc2n1CC(=O)N(C1CCN(CCOC)CC1)C([2H])(C)c1ccc(-c2ccc(C(F)(F)F)cc2)cc1)c1cccc(F)c1F. The summed E-state index contributed by atoms with van der Waals surface area (Å²) in [4.78, 5) is 31.9. The van der Waals surface area contributed by atoms with Gasteiger partial charge in [-0.05, 0) is 66.8 Å². The van der Waals surface area contributed by atoms with Gasteiger partial charge in [0.1, 0.15) is 6.54 Å². The van der Waals surface area contributed by atoms with E-state index in [1.54, 1.807) is 62.6 Å². The maximum absolute atomic E-state index is 14.9. The van der Waals surface area contributed by atoms with Crippen LogP contribution in [0.3, 0.4) is 0 Å². The van der Waals surface area contributed by atoms with Crippen LogP contribution in [0.25, 0.3) is 22.0 Å². The van der Waals surface area contributed by atoms with Crippen molar-refractivity contribution in [1.82, 2.24) is 14.4 Å². The number of nitrogens with zero attached hydrogens (tertiary/aromatic N) is 3. The Labute approximate surface area is 313 Å². The molecular weight excluding hydrogens is 710 g/mol. The Balaban J connectivity index is 1.38. The van der Waals surface area contributed by atoms with Crippen molar-refractivity contribution in [2.75, 3.05) is 33.4 Å². The smallest absolute Gasteiger partial charge is 0.383 e. The molecule has 278 valence electrons. The van der Waals surface area contributed by atoms with Gasteiger partial charge in [0.15, 0.2) is 17.1 Å². The number of thioether (sulfide) groups is 1. The Kier molecular flexibility index (Phi) is 10.8. The van der Waals surface area contributed by atoms with Gasteiger partial charge < -0.3 is 19.1 Å². The van der Waals surface area contributed by atoms with Gasteiger partial charge in [0.05, 0.1) is 30.1 Å². The van der Waals surface area contributed by atoms with Gasteiger partial charge >= 0.3 is 6.18 Å². The third kappa shape index (κ3) is 8.83. The van der Waals surface area contributed by atoms with E-state index in [-0.39, 0.29) is 10.4 Å². The van der Waals surface area contributed by atoms with Crippen molar-refractivity contribution in [2.24, 2.45) is 0 Å². The van der Waals surface area contributed by atoms with Gasteiger partial charge in [-0.1, -0.05) is 60.7 Å². The average Bonchev–Trinajstić information content (AvgIpc) is 3.16. The molecule has 2 heterocycles. The van der Waals surface area contributed by atoms with E-state index in [0.717, 1.165) is 24.3 Å². The summed E-state index contributed by atoms with van der Waals surface area (Å²) in [5, 5.41) is 0.255. The highest BCUT2D eigenvalue weighted by atomic mass is 32.2. The molecule has 1 aromatic heterocycles. The number of piperidine rings is 1. The number of rotatable bonds is 12. The summed E-state index contributed by atoms with van der Waals surface area (Å²) < 4.78 is 103. The monoisotopic (exact) mass is 752 g/mol. The first kappa shape index (κ1) is 34.3. The molecule has 1 fully saturated rings. The van der Waals surface area contributed by atoms with E-state index in [4.69, 9.17) is 7.48 Å². The average molecular weight is 753 g/mol. The Morgan fingerprint density at radius 1 is 0.981 bits per heavy atom. The van der Waals surface area contributed by atoms with Crippen LogP contribution in [0, 0.1) is 11.6 Å². The molecule has 0 spiro atoms. The number of pyridine rings is 1. The van der Waals surface area contributed by atoms with Crippen molar-refractivity contribution in [3.63, 3.8) is 0 Å². The van der Waals surface area contributed by atoms with Crippen molar-refractivity contribution in [1.29, 1.82) is 0 Å². The molecule has 0 bridgehead atoms. The molecule has 4 aromatic carbocycles. The lowest BCUT2D eigenvalue weighted by atomic mass is 9.96. The lowest BCUT2D eigenvalue weighted by Crippen LogP contribution is -2.49. The molecule has 6 nitrogen and oxygen atoms in total. The molecule has 53 heavy (non-hydrogen) atoms. The van der Waals surface area contributed by atoms with Crippen LogP contribution in [0.5, 0.6) is 0 Å². The predicted octanol–water partition coefficient (Wildman–Crippen LogP) is 8.96. The van der Waals surface area contributed by atoms with Crippen molar-refractivity contribution in [2.45, 2.75) is 55.3 Å². The van der Waals surface area contributed by atoms with Crippen molar-refractivity contribution in [3.05, 3.63) is 136 Å². The highest BCUT2D eigenvalue weighted by Gasteiger charge is 2.33. The number of likely N-dealkylation sites (tertiary alicyclic amines) is 1. The molecule has 1 aliphatic heterocycles. The van der Waals surface area contributed by atoms with Crippen LogP contribution in [-0.4, -0.2) is 59.7 Å². The Hall–Kier alpha value is -4.52. The number of aromatic nitrogens is 1. The number of hydrogen-bond acceptors (Lipinski definition) is 5. The molecule has 12 heteroatoms. The molecule has 1 saturated heterocycles. The fraction of sp³-hybridized carbons (Fsp3) is 0.317. The first-order chi connectivity index (χ1) is 26.5. The van der Waals surface area contributed by atoms with Gasteiger partial charge in [-0.2, -0.15) is 13.2 Å². The standard InChI is InChI=1S/C41H40F5N3O3S/c1-27(28-10-12-29(13-11-28)30-14-16-32(17-15-30)41(44,45)46)49(33-18-20-47(21-19-33)22-23-52-2)38(51)25-48-36-9-4-3-7-34(36)37(50)24-39(48)53-26-31-6-5-8-35(42)40(31)43/h3-17,24,27,33H,18-23,25-26H2,1-2H3/i26D2,27D. The zero-order chi connectivity index (χ0) is 40.4. The van der Waals surface area contributed by atoms with Crippen molar-refractivity contribution in [3.8, 4) is 11.1 Å². The minimum absolute atomic E-state index is 0.00220. The highest BCUT2D eigenvalue weighted by molar-refractivity contribution is 7.98. The number of carbonyl (C=O) groups is 1. The zero-order valence-electron chi connectivity index (χ0n) is 32.1. The molecule has 1 unspecified atom stereocenters. The number of amides is 1. The predicted molar refractivity (Wildman–Crippen MR) is 198 cm³/mol. The Morgan fingerprint density at radius 3 is 2.30 bits per heavy atom. The molecule has 0 radical (unpaired) electrons. The van der Waals surface area contributed by atoms with Gasteiger partial charge in [0, 0.05) is 58.2 Å². The lowest BCUT2D eigenvalue weighted by molar-refractivity contribution is -0.138. The lowest BCUT2D eigenvalue weighted by Gasteiger charge is -2.42. The molecule has 0 saturated carbocycles. The number of fused-ring (bicyclic) bond motifs is 1. The van der Waals surface area contributed by atoms with Gasteiger partial charge in [-0.3, -0.25) is 9.59 Å². The Morgan fingerprint density at radius 2 is 1.64 bits per heavy atom. The number of methoxy groups -OCH3 is 1. The van der Waals surface area contributed by atoms with Crippen LogP contribution in [0.15, 0.2) is 107 Å². The van der Waals surface area contributed by atoms with E-state index in [1.165, 1.54) is 33.7 Å². The fourth-order valence-corrected chi connectivity index (χ4v) is 7.44. The number of ether oxygens (including phenoxy) is 1. The van der Waals surface area contributed by atoms with Crippen LogP contribution in [0.1, 0.15) is 46.6 Å². The molecule has 0 N–H and O–H groups in total. The van der Waals surface area contributed by atoms with E-state index in [2.05, 4.69) is 4.90 Å². The van der Waals surface area contributed by atoms with Crippen LogP contribution in [-0.2, 0) is 28.0 Å². The molecule has 1 aliphatic rings. The second-order valence-corrected chi connectivity index (χ2v) is 13.6. The van der Waals surface area contributed by atoms with E-state index < -0.39 is 64.6 Å². The summed E-state index contributed by atoms with van der Waals surface area (Å²) in [6.45, 7) is 3.65. The summed E-state index contributed by atoms with van der Waals surface area (Å²) in [7, 11) is 1.62. The molecule has 1 atom stereocenters. The minimum Gasteiger partial charge on any atom is -0.383 e. The van der Waals surface area contributed by atoms with Gasteiger partial charge in [0.25, 0.3) is 0 Å². The van der Waals surface area contributed by atoms with Gasteiger partial charge in [0.2, 0.25) is 5.91 Å². The van der Waals surface area contributed by atoms with Crippen LogP contribution in [0.2, 0.25) is 0 Å². The number of halogens is 5. The Bertz CT molecular complexity index is 2240. The van der Waals surface area contributed by atoms with Crippen molar-refractivity contribution >= 4 is 28.6 Å². The maximum Gasteiger partial charge on any atom is 0.416 e. The van der Waals surface area contributed by atoms with Crippen LogP contribution >= 0.6 is 11.8 Å². The molecule has 0 aliphatic carbocycles. The van der Waals surface area contributed by atoms with Crippen LogP contribution < -0.4 is 5.43 Å². The van der Waals surface area contributed by atoms with E-state index >= 15 is 0 Å². The van der Waals surface area contributed by atoms with E-state index in [0.29, 0.717) is 73.1 Å². The zero-order valence-corrected chi connectivity index (χ0v) is 29.9. The maximum atomic E-state index is 14.9. The van der Waals surface area contributed by atoms with Gasteiger partial charge in [-0.15, -0.1) is 11.8 Å². The summed E-state index contributed by atoms with van der Waals surface area (Å²) in [5.74, 6) is -3.10. The van der Waals surface area contributed by atoms with E-state index in [9.17, 15) is 32.9 Å². The molecule has 6 rings (SSSR count). The summed E-state index contributed by atoms with van der Waals surface area (Å²) in [6, 6.07) is 20.3. The fourth-order valence-electron chi connectivity index (χ4n) is 6.63. The molecule has 1 amide bonds. The number of carbonyl (C=O) groups excluding carboxylic acids is 1. The molecule has 5 aromatic rings. The summed E-state index contributed by atoms with van der Waals surface area (Å²) >= 11 is 0.471. The van der Waals surface area contributed by atoms with Gasteiger partial charge in [-0.25, -0.2) is 8.78 Å². The number of benzene rings is 4. The number of alkyl halides is 3. The third-order valence-electron chi connectivity index (χ3n) is 9.50. The van der Waals surface area contributed by atoms with Crippen molar-refractivity contribution < 1.29 is 35.6 Å². The number of hydrogen-bond donors (Lipinski definition) is 0. The third-order valence-corrected chi connectivity index (χ3v) is 10.4. The first-order valence-electron chi connectivity index (χ1n) is 18.6. The summed E-state index contributed by atoms with van der Waals surface area (Å²) in [6.07, 6.45) is -3.42. The van der Waals surface area contributed by atoms with Crippen LogP contribution in [0.4, 0.5) is 22.0 Å². The first-order valence-corrected chi connectivity index (χ1v) is 17.9. The second kappa shape index (κ2) is 16.7. The normalized spacial score (nSPS) is 16.5.